The van der Waals surface area contributed by atoms with Gasteiger partial charge in [0.2, 0.25) is 0 Å². The number of aryl methyl sites for hydroxylation is 2. The first-order valence-electron chi connectivity index (χ1n) is 10.5. The largest absolute Gasteiger partial charge is 0.490 e. The molecule has 28 heavy (non-hydrogen) atoms. The fourth-order valence-electron chi connectivity index (χ4n) is 4.43. The van der Waals surface area contributed by atoms with E-state index in [9.17, 15) is 5.11 Å². The van der Waals surface area contributed by atoms with Crippen molar-refractivity contribution in [1.29, 1.82) is 0 Å². The van der Waals surface area contributed by atoms with Gasteiger partial charge in [0.25, 0.3) is 0 Å². The second-order valence-corrected chi connectivity index (χ2v) is 8.09. The molecule has 1 atom stereocenters. The Morgan fingerprint density at radius 2 is 1.75 bits per heavy atom. The predicted molar refractivity (Wildman–Crippen MR) is 113 cm³/mol. The minimum absolute atomic E-state index is 0.280. The van der Waals surface area contributed by atoms with Crippen molar-refractivity contribution in [2.24, 2.45) is 0 Å². The van der Waals surface area contributed by atoms with Crippen molar-refractivity contribution in [3.8, 4) is 5.75 Å². The molecule has 4 heteroatoms. The van der Waals surface area contributed by atoms with E-state index in [-0.39, 0.29) is 6.61 Å². The van der Waals surface area contributed by atoms with Gasteiger partial charge in [-0.3, -0.25) is 0 Å². The minimum atomic E-state index is -0.584. The molecule has 1 fully saturated rings. The monoisotopic (exact) mass is 378 g/mol. The summed E-state index contributed by atoms with van der Waals surface area (Å²) in [5.41, 5.74) is 4.33. The molecule has 3 aromatic rings. The summed E-state index contributed by atoms with van der Waals surface area (Å²) in [5, 5.41) is 10.8. The van der Waals surface area contributed by atoms with Crippen LogP contribution < -0.4 is 4.74 Å². The van der Waals surface area contributed by atoms with Crippen LogP contribution in [0.25, 0.3) is 11.0 Å². The van der Waals surface area contributed by atoms with Crippen molar-refractivity contribution in [1.82, 2.24) is 9.55 Å². The Kier molecular flexibility index (Phi) is 5.67. The number of aliphatic hydroxyl groups is 1. The number of benzene rings is 2. The highest BCUT2D eigenvalue weighted by Gasteiger charge is 2.23. The number of hydrogen-bond acceptors (Lipinski definition) is 3. The highest BCUT2D eigenvalue weighted by Crippen LogP contribution is 2.34. The van der Waals surface area contributed by atoms with Crippen LogP contribution in [0.1, 0.15) is 55.0 Å². The highest BCUT2D eigenvalue weighted by molar-refractivity contribution is 5.76. The van der Waals surface area contributed by atoms with Gasteiger partial charge in [-0.15, -0.1) is 0 Å². The number of fused-ring (bicyclic) bond motifs is 1. The smallest absolute Gasteiger partial charge is 0.125 e. The van der Waals surface area contributed by atoms with Crippen LogP contribution in [0.4, 0.5) is 0 Å². The lowest BCUT2D eigenvalue weighted by molar-refractivity contribution is 0.0915. The first-order valence-corrected chi connectivity index (χ1v) is 10.5. The SMILES string of the molecule is Cc1cccc(C)c1OCC(O)Cn1c(C2CCCCC2)nc2ccccc21. The first-order chi connectivity index (χ1) is 13.6. The molecule has 2 aromatic carbocycles. The van der Waals surface area contributed by atoms with E-state index in [0.717, 1.165) is 33.7 Å². The molecular formula is C24H30N2O2. The molecule has 1 aromatic heterocycles. The molecular weight excluding hydrogens is 348 g/mol. The lowest BCUT2D eigenvalue weighted by atomic mass is 9.88. The van der Waals surface area contributed by atoms with Crippen molar-refractivity contribution < 1.29 is 9.84 Å². The van der Waals surface area contributed by atoms with Gasteiger partial charge in [0.1, 0.15) is 24.3 Å². The van der Waals surface area contributed by atoms with Crippen molar-refractivity contribution >= 4 is 11.0 Å². The minimum Gasteiger partial charge on any atom is -0.490 e. The fraction of sp³-hybridized carbons (Fsp3) is 0.458. The van der Waals surface area contributed by atoms with Gasteiger partial charge in [0.05, 0.1) is 17.6 Å². The average molecular weight is 379 g/mol. The van der Waals surface area contributed by atoms with Crippen LogP contribution in [-0.2, 0) is 6.54 Å². The highest BCUT2D eigenvalue weighted by atomic mass is 16.5. The Hall–Kier alpha value is -2.33. The van der Waals surface area contributed by atoms with Crippen LogP contribution >= 0.6 is 0 Å². The van der Waals surface area contributed by atoms with Gasteiger partial charge in [-0.05, 0) is 49.9 Å². The second kappa shape index (κ2) is 8.36. The number of rotatable bonds is 6. The number of nitrogens with zero attached hydrogens (tertiary/aromatic N) is 2. The molecule has 0 amide bonds. The Morgan fingerprint density at radius 1 is 1.04 bits per heavy atom. The lowest BCUT2D eigenvalue weighted by Gasteiger charge is -2.23. The number of imidazole rings is 1. The Labute approximate surface area is 167 Å². The molecule has 0 radical (unpaired) electrons. The molecule has 1 heterocycles. The standard InChI is InChI=1S/C24H30N2O2/c1-17-9-8-10-18(2)23(17)28-16-20(27)15-26-22-14-7-6-13-21(22)25-24(26)19-11-4-3-5-12-19/h6-10,13-14,19-20,27H,3-5,11-12,15-16H2,1-2H3. The van der Waals surface area contributed by atoms with E-state index >= 15 is 0 Å². The summed E-state index contributed by atoms with van der Waals surface area (Å²) in [7, 11) is 0. The maximum absolute atomic E-state index is 10.8. The van der Waals surface area contributed by atoms with E-state index in [1.54, 1.807) is 0 Å². The number of aliphatic hydroxyl groups excluding tert-OH is 1. The topological polar surface area (TPSA) is 47.3 Å². The third-order valence-corrected chi connectivity index (χ3v) is 5.88. The molecule has 4 rings (SSSR count). The first kappa shape index (κ1) is 19.0. The molecule has 148 valence electrons. The van der Waals surface area contributed by atoms with Gasteiger partial charge < -0.3 is 14.4 Å². The third-order valence-electron chi connectivity index (χ3n) is 5.88. The molecule has 0 aliphatic heterocycles. The van der Waals surface area contributed by atoms with Gasteiger partial charge >= 0.3 is 0 Å². The lowest BCUT2D eigenvalue weighted by Crippen LogP contribution is -2.26. The predicted octanol–water partition coefficient (Wildman–Crippen LogP) is 5.14. The number of hydrogen-bond donors (Lipinski definition) is 1. The van der Waals surface area contributed by atoms with E-state index in [4.69, 9.17) is 9.72 Å². The van der Waals surface area contributed by atoms with Crippen molar-refractivity contribution in [2.75, 3.05) is 6.61 Å². The summed E-state index contributed by atoms with van der Waals surface area (Å²) in [6.45, 7) is 4.87. The van der Waals surface area contributed by atoms with Gasteiger partial charge in [-0.2, -0.15) is 0 Å². The molecule has 1 aliphatic carbocycles. The van der Waals surface area contributed by atoms with Gasteiger partial charge in [-0.25, -0.2) is 4.98 Å². The summed E-state index contributed by atoms with van der Waals surface area (Å²) >= 11 is 0. The molecule has 0 spiro atoms. The third kappa shape index (κ3) is 3.93. The molecule has 0 saturated heterocycles. The van der Waals surface area contributed by atoms with Crippen LogP contribution in [0.5, 0.6) is 5.75 Å². The Morgan fingerprint density at radius 3 is 2.50 bits per heavy atom. The molecule has 0 bridgehead atoms. The Balaban J connectivity index is 1.54. The van der Waals surface area contributed by atoms with E-state index in [1.807, 2.05) is 44.2 Å². The molecule has 1 N–H and O–H groups in total. The summed E-state index contributed by atoms with van der Waals surface area (Å²) in [4.78, 5) is 4.95. The van der Waals surface area contributed by atoms with Gasteiger partial charge in [0.15, 0.2) is 0 Å². The van der Waals surface area contributed by atoms with Crippen LogP contribution in [0.3, 0.4) is 0 Å². The van der Waals surface area contributed by atoms with Gasteiger partial charge in [-0.1, -0.05) is 49.6 Å². The van der Waals surface area contributed by atoms with E-state index in [1.165, 1.54) is 32.1 Å². The molecule has 1 aliphatic rings. The van der Waals surface area contributed by atoms with Crippen molar-refractivity contribution in [2.45, 2.75) is 64.5 Å². The molecule has 1 unspecified atom stereocenters. The summed E-state index contributed by atoms with van der Waals surface area (Å²) in [5.74, 6) is 2.50. The van der Waals surface area contributed by atoms with E-state index in [0.29, 0.717) is 12.5 Å². The quantitative estimate of drug-likeness (QED) is 0.646. The number of para-hydroxylation sites is 3. The second-order valence-electron chi connectivity index (χ2n) is 8.09. The fourth-order valence-corrected chi connectivity index (χ4v) is 4.43. The van der Waals surface area contributed by atoms with Crippen molar-refractivity contribution in [3.05, 3.63) is 59.4 Å². The van der Waals surface area contributed by atoms with E-state index in [2.05, 4.69) is 16.7 Å². The maximum Gasteiger partial charge on any atom is 0.125 e. The zero-order valence-corrected chi connectivity index (χ0v) is 16.9. The normalized spacial score (nSPS) is 16.4. The summed E-state index contributed by atoms with van der Waals surface area (Å²) in [6, 6.07) is 14.4. The number of ether oxygens (including phenoxy) is 1. The zero-order chi connectivity index (χ0) is 19.5. The maximum atomic E-state index is 10.8. The Bertz CT molecular complexity index is 921. The summed E-state index contributed by atoms with van der Waals surface area (Å²) < 4.78 is 8.22. The molecule has 1 saturated carbocycles. The summed E-state index contributed by atoms with van der Waals surface area (Å²) in [6.07, 6.45) is 5.66. The van der Waals surface area contributed by atoms with Gasteiger partial charge in [0, 0.05) is 5.92 Å². The van der Waals surface area contributed by atoms with Crippen LogP contribution in [-0.4, -0.2) is 27.4 Å². The van der Waals surface area contributed by atoms with Crippen LogP contribution in [0.15, 0.2) is 42.5 Å². The molecule has 4 nitrogen and oxygen atoms in total. The van der Waals surface area contributed by atoms with E-state index < -0.39 is 6.10 Å². The average Bonchev–Trinajstić information content (AvgIpc) is 3.07. The van der Waals surface area contributed by atoms with Crippen LogP contribution in [0.2, 0.25) is 0 Å². The number of aromatic nitrogens is 2. The van der Waals surface area contributed by atoms with Crippen LogP contribution in [0, 0.1) is 13.8 Å². The zero-order valence-electron chi connectivity index (χ0n) is 16.9. The van der Waals surface area contributed by atoms with Crippen molar-refractivity contribution in [3.63, 3.8) is 0 Å².